The molecule has 3 aromatic carbocycles. The highest BCUT2D eigenvalue weighted by Crippen LogP contribution is 2.37. The highest BCUT2D eigenvalue weighted by Gasteiger charge is 2.40. The lowest BCUT2D eigenvalue weighted by Crippen LogP contribution is -2.31. The number of carbonyl (C=O) groups is 2. The van der Waals surface area contributed by atoms with Crippen molar-refractivity contribution >= 4 is 50.8 Å². The fourth-order valence-electron chi connectivity index (χ4n) is 3.42. The van der Waals surface area contributed by atoms with E-state index in [0.29, 0.717) is 5.69 Å². The molecule has 4 nitrogen and oxygen atoms in total. The molecule has 5 rings (SSSR count). The third-order valence-electron chi connectivity index (χ3n) is 4.86. The van der Waals surface area contributed by atoms with Gasteiger partial charge in [-0.3, -0.25) is 9.59 Å². The second-order valence-corrected chi connectivity index (χ2v) is 9.22. The van der Waals surface area contributed by atoms with Crippen LogP contribution in [-0.4, -0.2) is 22.0 Å². The van der Waals surface area contributed by atoms with Crippen LogP contribution < -0.4 is 4.90 Å². The zero-order valence-corrected chi connectivity index (χ0v) is 17.0. The first kappa shape index (κ1) is 18.1. The predicted octanol–water partition coefficient (Wildman–Crippen LogP) is 5.39. The quantitative estimate of drug-likeness (QED) is 0.419. The number of imide groups is 1. The number of anilines is 1. The van der Waals surface area contributed by atoms with Gasteiger partial charge in [-0.1, -0.05) is 66.4 Å². The fraction of sp³-hybridized carbons (Fsp3) is 0.0870. The molecule has 0 radical (unpaired) electrons. The lowest BCUT2D eigenvalue weighted by atomic mass is 10.1. The van der Waals surface area contributed by atoms with Gasteiger partial charge in [-0.25, -0.2) is 9.88 Å². The maximum atomic E-state index is 13.0. The van der Waals surface area contributed by atoms with Crippen LogP contribution in [0.5, 0.6) is 0 Å². The molecule has 29 heavy (non-hydrogen) atoms. The van der Waals surface area contributed by atoms with Gasteiger partial charge in [0.1, 0.15) is 5.25 Å². The minimum Gasteiger partial charge on any atom is -0.274 e. The third kappa shape index (κ3) is 3.45. The summed E-state index contributed by atoms with van der Waals surface area (Å²) in [6.45, 7) is 0. The van der Waals surface area contributed by atoms with Gasteiger partial charge in [-0.2, -0.15) is 0 Å². The van der Waals surface area contributed by atoms with Crippen LogP contribution in [0.15, 0.2) is 83.2 Å². The number of para-hydroxylation sites is 1. The highest BCUT2D eigenvalue weighted by molar-refractivity contribution is 8.02. The molecule has 1 aliphatic heterocycles. The second kappa shape index (κ2) is 7.46. The molecule has 2 heterocycles. The molecule has 0 spiro atoms. The zero-order valence-electron chi connectivity index (χ0n) is 15.3. The third-order valence-corrected chi connectivity index (χ3v) is 7.17. The minimum atomic E-state index is -0.433. The van der Waals surface area contributed by atoms with Crippen LogP contribution in [0.4, 0.5) is 5.69 Å². The van der Waals surface area contributed by atoms with E-state index in [2.05, 4.69) is 4.98 Å². The summed E-state index contributed by atoms with van der Waals surface area (Å²) in [5.41, 5.74) is 3.69. The van der Waals surface area contributed by atoms with Crippen LogP contribution in [0.1, 0.15) is 6.42 Å². The average Bonchev–Trinajstić information content (AvgIpc) is 3.28. The van der Waals surface area contributed by atoms with Gasteiger partial charge in [0.05, 0.1) is 15.9 Å². The van der Waals surface area contributed by atoms with Crippen molar-refractivity contribution in [3.8, 4) is 11.1 Å². The molecule has 142 valence electrons. The standard InChI is InChI=1S/C23H16N2O2S2/c26-21-14-20(29-23-24-18-8-4-5-9-19(18)28-23)22(27)25(21)17-12-10-16(11-13-17)15-6-2-1-3-7-15/h1-13,20H,14H2/t20-/m0/s1. The van der Waals surface area contributed by atoms with Gasteiger partial charge in [-0.05, 0) is 35.4 Å². The number of thioether (sulfide) groups is 1. The van der Waals surface area contributed by atoms with Gasteiger partial charge < -0.3 is 0 Å². The van der Waals surface area contributed by atoms with Crippen LogP contribution in [0.3, 0.4) is 0 Å². The van der Waals surface area contributed by atoms with Crippen molar-refractivity contribution in [2.45, 2.75) is 16.0 Å². The number of fused-ring (bicyclic) bond motifs is 1. The lowest BCUT2D eigenvalue weighted by Gasteiger charge is -2.15. The minimum absolute atomic E-state index is 0.166. The van der Waals surface area contributed by atoms with E-state index in [1.807, 2.05) is 78.9 Å². The van der Waals surface area contributed by atoms with Crippen molar-refractivity contribution in [1.29, 1.82) is 0 Å². The number of thiazole rings is 1. The van der Waals surface area contributed by atoms with Gasteiger partial charge in [-0.15, -0.1) is 11.3 Å². The summed E-state index contributed by atoms with van der Waals surface area (Å²) < 4.78 is 1.90. The van der Waals surface area contributed by atoms with E-state index in [1.165, 1.54) is 16.7 Å². The topological polar surface area (TPSA) is 50.3 Å². The lowest BCUT2D eigenvalue weighted by molar-refractivity contribution is -0.121. The van der Waals surface area contributed by atoms with E-state index >= 15 is 0 Å². The SMILES string of the molecule is O=C1C[C@H](Sc2nc3ccccc3s2)C(=O)N1c1ccc(-c2ccccc2)cc1. The smallest absolute Gasteiger partial charge is 0.247 e. The van der Waals surface area contributed by atoms with Crippen molar-refractivity contribution in [2.24, 2.45) is 0 Å². The molecule has 1 fully saturated rings. The molecular weight excluding hydrogens is 400 g/mol. The van der Waals surface area contributed by atoms with Crippen molar-refractivity contribution in [3.05, 3.63) is 78.9 Å². The molecule has 2 amide bonds. The molecule has 1 saturated heterocycles. The summed E-state index contributed by atoms with van der Waals surface area (Å²) in [6.07, 6.45) is 0.194. The Kier molecular flexibility index (Phi) is 4.66. The number of hydrogen-bond donors (Lipinski definition) is 0. The van der Waals surface area contributed by atoms with Gasteiger partial charge in [0, 0.05) is 6.42 Å². The van der Waals surface area contributed by atoms with Crippen LogP contribution in [-0.2, 0) is 9.59 Å². The molecule has 0 aliphatic carbocycles. The Morgan fingerprint density at radius 3 is 2.31 bits per heavy atom. The number of rotatable bonds is 4. The Labute approximate surface area is 176 Å². The number of benzene rings is 3. The monoisotopic (exact) mass is 416 g/mol. The van der Waals surface area contributed by atoms with Gasteiger partial charge in [0.2, 0.25) is 11.8 Å². The van der Waals surface area contributed by atoms with Crippen LogP contribution in [0, 0.1) is 0 Å². The Balaban J connectivity index is 1.36. The number of amides is 2. The Hall–Kier alpha value is -2.96. The molecule has 1 aromatic heterocycles. The Bertz CT molecular complexity index is 1170. The summed E-state index contributed by atoms with van der Waals surface area (Å²) in [5.74, 6) is -0.340. The van der Waals surface area contributed by atoms with Crippen molar-refractivity contribution in [2.75, 3.05) is 4.90 Å². The molecule has 0 N–H and O–H groups in total. The van der Waals surface area contributed by atoms with Crippen LogP contribution in [0.2, 0.25) is 0 Å². The van der Waals surface area contributed by atoms with Crippen molar-refractivity contribution in [1.82, 2.24) is 4.98 Å². The van der Waals surface area contributed by atoms with Crippen LogP contribution >= 0.6 is 23.1 Å². The Morgan fingerprint density at radius 1 is 0.862 bits per heavy atom. The summed E-state index contributed by atoms with van der Waals surface area (Å²) in [5, 5.41) is -0.433. The van der Waals surface area contributed by atoms with E-state index in [0.717, 1.165) is 25.7 Å². The summed E-state index contributed by atoms with van der Waals surface area (Å²) >= 11 is 2.94. The molecule has 1 aliphatic rings. The zero-order chi connectivity index (χ0) is 19.8. The summed E-state index contributed by atoms with van der Waals surface area (Å²) in [4.78, 5) is 31.4. The van der Waals surface area contributed by atoms with E-state index in [9.17, 15) is 9.59 Å². The van der Waals surface area contributed by atoms with Crippen molar-refractivity contribution < 1.29 is 9.59 Å². The van der Waals surface area contributed by atoms with Gasteiger partial charge in [0.15, 0.2) is 4.34 Å². The second-order valence-electron chi connectivity index (χ2n) is 6.74. The first-order chi connectivity index (χ1) is 14.2. The summed E-state index contributed by atoms with van der Waals surface area (Å²) in [7, 11) is 0. The number of nitrogens with zero attached hydrogens (tertiary/aromatic N) is 2. The first-order valence-corrected chi connectivity index (χ1v) is 10.9. The van der Waals surface area contributed by atoms with E-state index in [-0.39, 0.29) is 18.2 Å². The number of hydrogen-bond acceptors (Lipinski definition) is 5. The van der Waals surface area contributed by atoms with E-state index in [1.54, 1.807) is 11.3 Å². The Morgan fingerprint density at radius 2 is 1.55 bits per heavy atom. The molecule has 0 saturated carbocycles. The first-order valence-electron chi connectivity index (χ1n) is 9.23. The van der Waals surface area contributed by atoms with Crippen LogP contribution in [0.25, 0.3) is 21.3 Å². The highest BCUT2D eigenvalue weighted by atomic mass is 32.2. The normalized spacial score (nSPS) is 16.7. The molecular formula is C23H16N2O2S2. The van der Waals surface area contributed by atoms with Gasteiger partial charge in [0.25, 0.3) is 0 Å². The van der Waals surface area contributed by atoms with E-state index in [4.69, 9.17) is 0 Å². The number of aromatic nitrogens is 1. The molecule has 0 unspecified atom stereocenters. The van der Waals surface area contributed by atoms with Crippen molar-refractivity contribution in [3.63, 3.8) is 0 Å². The molecule has 1 atom stereocenters. The fourth-order valence-corrected chi connectivity index (χ4v) is 5.76. The predicted molar refractivity (Wildman–Crippen MR) is 118 cm³/mol. The molecule has 0 bridgehead atoms. The number of carbonyl (C=O) groups excluding carboxylic acids is 2. The van der Waals surface area contributed by atoms with E-state index < -0.39 is 5.25 Å². The summed E-state index contributed by atoms with van der Waals surface area (Å²) in [6, 6.07) is 25.5. The maximum absolute atomic E-state index is 13.0. The average molecular weight is 417 g/mol. The maximum Gasteiger partial charge on any atom is 0.247 e. The molecule has 4 aromatic rings. The molecule has 6 heteroatoms. The van der Waals surface area contributed by atoms with Gasteiger partial charge >= 0.3 is 0 Å². The largest absolute Gasteiger partial charge is 0.274 e.